The minimum absolute atomic E-state index is 0. The first-order chi connectivity index (χ1) is 7.88. The van der Waals surface area contributed by atoms with Crippen molar-refractivity contribution in [3.63, 3.8) is 0 Å². The topological polar surface area (TPSA) is 107 Å². The van der Waals surface area contributed by atoms with Crippen LogP contribution in [0.15, 0.2) is 12.1 Å². The lowest BCUT2D eigenvalue weighted by atomic mass is 9.90. The number of nitrogens with two attached hydrogens (primary N) is 1. The Balaban J connectivity index is 0.00000289. The Morgan fingerprint density at radius 2 is 1.61 bits per heavy atom. The van der Waals surface area contributed by atoms with Crippen molar-refractivity contribution in [2.75, 3.05) is 0 Å². The second-order valence-electron chi connectivity index (χ2n) is 4.30. The quantitative estimate of drug-likeness (QED) is 0.575. The first kappa shape index (κ1) is 16.8. The van der Waals surface area contributed by atoms with Gasteiger partial charge in [0.1, 0.15) is 17.2 Å². The van der Waals surface area contributed by atoms with E-state index in [2.05, 4.69) is 0 Å². The standard InChI is InChI=1S/C12H19NO4.ClH/c1-3-6(2)12(17)11(13)10-8(15)4-7(14)5-9(10)16;/h4-6,11-12,14-17H,3,13H2,1-2H3;1H/t6?,11-,12+;/m1./s1. The summed E-state index contributed by atoms with van der Waals surface area (Å²) in [5.41, 5.74) is 5.87. The van der Waals surface area contributed by atoms with Crippen molar-refractivity contribution < 1.29 is 20.4 Å². The molecule has 0 aliphatic carbocycles. The highest BCUT2D eigenvalue weighted by molar-refractivity contribution is 5.85. The Labute approximate surface area is 112 Å². The van der Waals surface area contributed by atoms with Gasteiger partial charge in [0.05, 0.1) is 17.7 Å². The average molecular weight is 278 g/mol. The minimum Gasteiger partial charge on any atom is -0.508 e. The molecular formula is C12H20ClNO4. The van der Waals surface area contributed by atoms with Gasteiger partial charge in [0, 0.05) is 12.1 Å². The molecule has 1 unspecified atom stereocenters. The van der Waals surface area contributed by atoms with Crippen molar-refractivity contribution in [1.29, 1.82) is 0 Å². The van der Waals surface area contributed by atoms with E-state index < -0.39 is 12.1 Å². The van der Waals surface area contributed by atoms with E-state index in [0.717, 1.165) is 18.6 Å². The minimum atomic E-state index is -0.898. The molecule has 0 spiro atoms. The lowest BCUT2D eigenvalue weighted by Crippen LogP contribution is -2.31. The van der Waals surface area contributed by atoms with Crippen LogP contribution >= 0.6 is 12.4 Å². The zero-order chi connectivity index (χ0) is 13.2. The van der Waals surface area contributed by atoms with E-state index in [1.165, 1.54) is 0 Å². The Morgan fingerprint density at radius 1 is 1.17 bits per heavy atom. The van der Waals surface area contributed by atoms with E-state index in [-0.39, 0.29) is 41.1 Å². The van der Waals surface area contributed by atoms with Crippen molar-refractivity contribution in [3.05, 3.63) is 17.7 Å². The van der Waals surface area contributed by atoms with Gasteiger partial charge in [-0.1, -0.05) is 20.3 Å². The molecule has 18 heavy (non-hydrogen) atoms. The molecule has 0 amide bonds. The van der Waals surface area contributed by atoms with Crippen molar-refractivity contribution in [1.82, 2.24) is 0 Å². The van der Waals surface area contributed by atoms with Crippen LogP contribution in [0.25, 0.3) is 0 Å². The first-order valence-electron chi connectivity index (χ1n) is 5.57. The van der Waals surface area contributed by atoms with Crippen LogP contribution in [0.3, 0.4) is 0 Å². The van der Waals surface area contributed by atoms with Gasteiger partial charge >= 0.3 is 0 Å². The molecule has 1 aromatic rings. The van der Waals surface area contributed by atoms with E-state index in [0.29, 0.717) is 0 Å². The molecule has 104 valence electrons. The Hall–Kier alpha value is -1.17. The van der Waals surface area contributed by atoms with E-state index >= 15 is 0 Å². The second kappa shape index (κ2) is 6.68. The number of phenols is 3. The largest absolute Gasteiger partial charge is 0.508 e. The van der Waals surface area contributed by atoms with Crippen LogP contribution in [0.1, 0.15) is 31.9 Å². The van der Waals surface area contributed by atoms with Gasteiger partial charge < -0.3 is 26.2 Å². The van der Waals surface area contributed by atoms with Crippen LogP contribution < -0.4 is 5.73 Å². The number of halogens is 1. The van der Waals surface area contributed by atoms with Crippen LogP contribution in [0.5, 0.6) is 17.2 Å². The normalized spacial score (nSPS) is 15.6. The summed E-state index contributed by atoms with van der Waals surface area (Å²) in [4.78, 5) is 0. The predicted molar refractivity (Wildman–Crippen MR) is 71.1 cm³/mol. The van der Waals surface area contributed by atoms with Gasteiger partial charge in [-0.3, -0.25) is 0 Å². The summed E-state index contributed by atoms with van der Waals surface area (Å²) in [7, 11) is 0. The molecule has 0 aliphatic heterocycles. The number of phenolic OH excluding ortho intramolecular Hbond substituents is 3. The smallest absolute Gasteiger partial charge is 0.127 e. The van der Waals surface area contributed by atoms with Crippen LogP contribution in [-0.2, 0) is 0 Å². The molecule has 0 saturated heterocycles. The maximum atomic E-state index is 9.95. The molecule has 0 heterocycles. The molecule has 6 heteroatoms. The van der Waals surface area contributed by atoms with Crippen molar-refractivity contribution in [2.45, 2.75) is 32.4 Å². The highest BCUT2D eigenvalue weighted by atomic mass is 35.5. The number of hydrogen-bond donors (Lipinski definition) is 5. The first-order valence-corrected chi connectivity index (χ1v) is 5.57. The molecule has 1 rings (SSSR count). The Bertz CT molecular complexity index is 377. The van der Waals surface area contributed by atoms with Gasteiger partial charge in [-0.25, -0.2) is 0 Å². The molecule has 0 bridgehead atoms. The molecule has 0 radical (unpaired) electrons. The fraction of sp³-hybridized carbons (Fsp3) is 0.500. The third-order valence-electron chi connectivity index (χ3n) is 3.05. The summed E-state index contributed by atoms with van der Waals surface area (Å²) < 4.78 is 0. The molecule has 0 aliphatic rings. The molecule has 1 aromatic carbocycles. The fourth-order valence-corrected chi connectivity index (χ4v) is 1.72. The van der Waals surface area contributed by atoms with Crippen molar-refractivity contribution in [3.8, 4) is 17.2 Å². The highest BCUT2D eigenvalue weighted by Crippen LogP contribution is 2.38. The third kappa shape index (κ3) is 3.41. The maximum absolute atomic E-state index is 9.95. The SMILES string of the molecule is CCC(C)[C@H](O)[C@H](N)c1c(O)cc(O)cc1O.Cl. The number of hydrogen-bond acceptors (Lipinski definition) is 5. The van der Waals surface area contributed by atoms with Crippen LogP contribution in [0.4, 0.5) is 0 Å². The molecule has 3 atom stereocenters. The van der Waals surface area contributed by atoms with Gasteiger partial charge in [-0.05, 0) is 5.92 Å². The third-order valence-corrected chi connectivity index (χ3v) is 3.05. The number of aromatic hydroxyl groups is 3. The van der Waals surface area contributed by atoms with Crippen LogP contribution in [-0.4, -0.2) is 26.5 Å². The zero-order valence-corrected chi connectivity index (χ0v) is 11.2. The second-order valence-corrected chi connectivity index (χ2v) is 4.30. The molecule has 6 N–H and O–H groups in total. The van der Waals surface area contributed by atoms with E-state index in [9.17, 15) is 20.4 Å². The zero-order valence-electron chi connectivity index (χ0n) is 10.4. The Morgan fingerprint density at radius 3 is 2.00 bits per heavy atom. The fourth-order valence-electron chi connectivity index (χ4n) is 1.72. The monoisotopic (exact) mass is 277 g/mol. The Kier molecular flexibility index (Phi) is 6.25. The highest BCUT2D eigenvalue weighted by Gasteiger charge is 2.27. The number of aliphatic hydroxyl groups excluding tert-OH is 1. The summed E-state index contributed by atoms with van der Waals surface area (Å²) in [5, 5.41) is 38.4. The summed E-state index contributed by atoms with van der Waals surface area (Å²) in [6.45, 7) is 3.75. The van der Waals surface area contributed by atoms with E-state index in [1.807, 2.05) is 13.8 Å². The van der Waals surface area contributed by atoms with Crippen molar-refractivity contribution >= 4 is 12.4 Å². The predicted octanol–water partition coefficient (Wildman–Crippen LogP) is 1.63. The van der Waals surface area contributed by atoms with Gasteiger partial charge in [0.2, 0.25) is 0 Å². The summed E-state index contributed by atoms with van der Waals surface area (Å²) >= 11 is 0. The van der Waals surface area contributed by atoms with Gasteiger partial charge in [-0.2, -0.15) is 0 Å². The molecular weight excluding hydrogens is 258 g/mol. The summed E-state index contributed by atoms with van der Waals surface area (Å²) in [6, 6.07) is 1.27. The van der Waals surface area contributed by atoms with E-state index in [4.69, 9.17) is 5.73 Å². The van der Waals surface area contributed by atoms with Gasteiger partial charge in [0.15, 0.2) is 0 Å². The number of aliphatic hydroxyl groups is 1. The summed E-state index contributed by atoms with van der Waals surface area (Å²) in [6.07, 6.45) is -0.143. The lowest BCUT2D eigenvalue weighted by Gasteiger charge is -2.25. The van der Waals surface area contributed by atoms with Crippen LogP contribution in [0.2, 0.25) is 0 Å². The van der Waals surface area contributed by atoms with Gasteiger partial charge in [-0.15, -0.1) is 12.4 Å². The molecule has 0 saturated carbocycles. The maximum Gasteiger partial charge on any atom is 0.127 e. The molecule has 0 fully saturated rings. The average Bonchev–Trinajstić information content (AvgIpc) is 2.25. The van der Waals surface area contributed by atoms with Crippen LogP contribution in [0, 0.1) is 5.92 Å². The summed E-state index contributed by atoms with van der Waals surface area (Å²) in [5.74, 6) is -0.957. The van der Waals surface area contributed by atoms with E-state index in [1.54, 1.807) is 0 Å². The molecule has 5 nitrogen and oxygen atoms in total. The number of rotatable bonds is 4. The number of benzene rings is 1. The van der Waals surface area contributed by atoms with Crippen molar-refractivity contribution in [2.24, 2.45) is 11.7 Å². The van der Waals surface area contributed by atoms with Gasteiger partial charge in [0.25, 0.3) is 0 Å². The lowest BCUT2D eigenvalue weighted by molar-refractivity contribution is 0.0861. The molecule has 0 aromatic heterocycles.